The van der Waals surface area contributed by atoms with Crippen molar-refractivity contribution in [2.75, 3.05) is 20.2 Å². The molecule has 1 aliphatic heterocycles. The van der Waals surface area contributed by atoms with Crippen molar-refractivity contribution >= 4 is 10.9 Å². The highest BCUT2D eigenvalue weighted by atomic mass is 16.5. The number of hydrogen-bond acceptors (Lipinski definition) is 3. The topological polar surface area (TPSA) is 42.4 Å². The van der Waals surface area contributed by atoms with E-state index in [1.165, 1.54) is 23.1 Å². The molecule has 0 aliphatic carbocycles. The highest BCUT2D eigenvalue weighted by Crippen LogP contribution is 2.37. The van der Waals surface area contributed by atoms with Crippen LogP contribution in [0.15, 0.2) is 61.3 Å². The van der Waals surface area contributed by atoms with Gasteiger partial charge in [0.25, 0.3) is 0 Å². The van der Waals surface area contributed by atoms with Crippen molar-refractivity contribution in [2.45, 2.75) is 52.3 Å². The molecule has 174 valence electrons. The van der Waals surface area contributed by atoms with Gasteiger partial charge in [-0.25, -0.2) is 0 Å². The molecule has 0 spiro atoms. The first-order valence-corrected chi connectivity index (χ1v) is 12.0. The molecule has 4 rings (SSSR count). The third-order valence-corrected chi connectivity index (χ3v) is 7.51. The highest BCUT2D eigenvalue weighted by molar-refractivity contribution is 5.83. The van der Waals surface area contributed by atoms with E-state index >= 15 is 0 Å². The Hall–Kier alpha value is -2.69. The maximum atomic E-state index is 11.8. The molecule has 4 nitrogen and oxygen atoms in total. The van der Waals surface area contributed by atoms with Crippen molar-refractivity contribution in [3.05, 3.63) is 83.6 Å². The Kier molecular flexibility index (Phi) is 6.87. The lowest BCUT2D eigenvalue weighted by atomic mass is 9.89. The number of aromatic nitrogens is 1. The van der Waals surface area contributed by atoms with E-state index in [9.17, 15) is 5.11 Å². The molecule has 1 N–H and O–H groups in total. The number of nitrogens with zero attached hydrogens (tertiary/aromatic N) is 2. The summed E-state index contributed by atoms with van der Waals surface area (Å²) < 4.78 is 6.31. The average Bonchev–Trinajstić information content (AvgIpc) is 2.81. The van der Waals surface area contributed by atoms with Crippen LogP contribution in [0.2, 0.25) is 0 Å². The zero-order chi connectivity index (χ0) is 23.6. The van der Waals surface area contributed by atoms with E-state index in [1.807, 2.05) is 24.3 Å². The standard InChI is InChI=1S/C29H37N2O2/c1-6-23-8-7-13-31(18-23,19-24-15-20(2)14-21(3)16-24)22(4)29(32)26-11-12-30-28-10-9-25(33-5)17-27(26)28/h6,9-12,14-17,22-23,29,32H,1,7-8,13,18-19H2,2-5H3/q+1. The van der Waals surface area contributed by atoms with Crippen molar-refractivity contribution in [1.29, 1.82) is 0 Å². The number of quaternary nitrogens is 1. The van der Waals surface area contributed by atoms with Crippen LogP contribution in [0.4, 0.5) is 0 Å². The summed E-state index contributed by atoms with van der Waals surface area (Å²) in [7, 11) is 1.67. The molecule has 4 heteroatoms. The van der Waals surface area contributed by atoms with Gasteiger partial charge in [-0.2, -0.15) is 0 Å². The number of benzene rings is 2. The van der Waals surface area contributed by atoms with Crippen LogP contribution in [0.25, 0.3) is 10.9 Å². The summed E-state index contributed by atoms with van der Waals surface area (Å²) in [6.07, 6.45) is 5.62. The van der Waals surface area contributed by atoms with Crippen LogP contribution >= 0.6 is 0 Å². The number of hydrogen-bond donors (Lipinski definition) is 1. The third-order valence-electron chi connectivity index (χ3n) is 7.51. The molecule has 0 saturated carbocycles. The van der Waals surface area contributed by atoms with Crippen LogP contribution in [0, 0.1) is 19.8 Å². The van der Waals surface area contributed by atoms with Gasteiger partial charge in [-0.1, -0.05) is 35.4 Å². The second-order valence-electron chi connectivity index (χ2n) is 9.89. The van der Waals surface area contributed by atoms with Crippen LogP contribution in [0.3, 0.4) is 0 Å². The second kappa shape index (κ2) is 9.66. The Bertz CT molecular complexity index is 1120. The van der Waals surface area contributed by atoms with Crippen LogP contribution in [-0.4, -0.2) is 40.8 Å². The number of fused-ring (bicyclic) bond motifs is 1. The summed E-state index contributed by atoms with van der Waals surface area (Å²) >= 11 is 0. The molecule has 4 unspecified atom stereocenters. The summed E-state index contributed by atoms with van der Waals surface area (Å²) in [5.74, 6) is 1.24. The number of aliphatic hydroxyl groups is 1. The Morgan fingerprint density at radius 3 is 2.64 bits per heavy atom. The predicted molar refractivity (Wildman–Crippen MR) is 135 cm³/mol. The van der Waals surface area contributed by atoms with Crippen LogP contribution in [-0.2, 0) is 6.54 Å². The largest absolute Gasteiger partial charge is 0.497 e. The fourth-order valence-corrected chi connectivity index (χ4v) is 5.78. The van der Waals surface area contributed by atoms with Crippen LogP contribution in [0.5, 0.6) is 5.75 Å². The van der Waals surface area contributed by atoms with Crippen molar-refractivity contribution < 1.29 is 14.3 Å². The quantitative estimate of drug-likeness (QED) is 0.364. The van der Waals surface area contributed by atoms with Crippen LogP contribution < -0.4 is 4.74 Å². The first-order valence-electron chi connectivity index (χ1n) is 12.0. The molecule has 1 saturated heterocycles. The number of likely N-dealkylation sites (tertiary alicyclic amines) is 1. The van der Waals surface area contributed by atoms with E-state index in [-0.39, 0.29) is 6.04 Å². The van der Waals surface area contributed by atoms with Gasteiger partial charge in [0.05, 0.1) is 25.7 Å². The number of piperidine rings is 1. The Balaban J connectivity index is 1.75. The summed E-state index contributed by atoms with van der Waals surface area (Å²) in [4.78, 5) is 4.52. The van der Waals surface area contributed by atoms with Crippen LogP contribution in [0.1, 0.15) is 48.1 Å². The van der Waals surface area contributed by atoms with Gasteiger partial charge in [-0.05, 0) is 63.4 Å². The molecule has 2 aromatic carbocycles. The number of aryl methyl sites for hydroxylation is 2. The minimum Gasteiger partial charge on any atom is -0.497 e. The first-order chi connectivity index (χ1) is 15.8. The molecule has 1 aliphatic rings. The third kappa shape index (κ3) is 4.83. The summed E-state index contributed by atoms with van der Waals surface area (Å²) in [6, 6.07) is 14.7. The number of methoxy groups -OCH3 is 1. The van der Waals surface area contributed by atoms with E-state index in [0.717, 1.165) is 52.8 Å². The lowest BCUT2D eigenvalue weighted by Crippen LogP contribution is -2.60. The van der Waals surface area contributed by atoms with Gasteiger partial charge < -0.3 is 14.3 Å². The molecule has 2 heterocycles. The molecule has 3 aromatic rings. The van der Waals surface area contributed by atoms with Gasteiger partial charge in [-0.3, -0.25) is 4.98 Å². The lowest BCUT2D eigenvalue weighted by Gasteiger charge is -2.49. The van der Waals surface area contributed by atoms with E-state index in [0.29, 0.717) is 5.92 Å². The highest BCUT2D eigenvalue weighted by Gasteiger charge is 2.43. The Morgan fingerprint density at radius 2 is 1.94 bits per heavy atom. The summed E-state index contributed by atoms with van der Waals surface area (Å²) in [5, 5.41) is 12.8. The van der Waals surface area contributed by atoms with Gasteiger partial charge >= 0.3 is 0 Å². The lowest BCUT2D eigenvalue weighted by molar-refractivity contribution is -0.972. The average molecular weight is 446 g/mol. The van der Waals surface area contributed by atoms with Crippen molar-refractivity contribution in [1.82, 2.24) is 4.98 Å². The number of ether oxygens (including phenoxy) is 1. The molecule has 33 heavy (non-hydrogen) atoms. The molecule has 0 bridgehead atoms. The normalized spacial score (nSPS) is 22.6. The van der Waals surface area contributed by atoms with Gasteiger partial charge in [0.15, 0.2) is 0 Å². The maximum Gasteiger partial charge on any atom is 0.131 e. The maximum absolute atomic E-state index is 11.8. The van der Waals surface area contributed by atoms with E-state index in [4.69, 9.17) is 4.74 Å². The van der Waals surface area contributed by atoms with Crippen molar-refractivity contribution in [3.8, 4) is 5.75 Å². The minimum atomic E-state index is -0.614. The number of aliphatic hydroxyl groups excluding tert-OH is 1. The second-order valence-corrected chi connectivity index (χ2v) is 9.89. The Morgan fingerprint density at radius 1 is 1.18 bits per heavy atom. The molecule has 4 atom stereocenters. The van der Waals surface area contributed by atoms with Crippen molar-refractivity contribution in [2.24, 2.45) is 5.92 Å². The first kappa shape index (κ1) is 23.5. The summed E-state index contributed by atoms with van der Waals surface area (Å²) in [5.41, 5.74) is 5.73. The van der Waals surface area contributed by atoms with E-state index in [2.05, 4.69) is 56.6 Å². The Labute approximate surface area is 198 Å². The zero-order valence-corrected chi connectivity index (χ0v) is 20.4. The fourth-order valence-electron chi connectivity index (χ4n) is 5.78. The summed E-state index contributed by atoms with van der Waals surface area (Å²) in [6.45, 7) is 13.6. The SMILES string of the molecule is C=CC1CCC[N+](Cc2cc(C)cc(C)c2)(C(C)C(O)c2ccnc3ccc(OC)cc23)C1. The minimum absolute atomic E-state index is 0.0189. The van der Waals surface area contributed by atoms with E-state index in [1.54, 1.807) is 13.3 Å². The molecular weight excluding hydrogens is 408 g/mol. The molecular formula is C29H37N2O2+. The van der Waals surface area contributed by atoms with Gasteiger partial charge in [0.2, 0.25) is 0 Å². The van der Waals surface area contributed by atoms with Gasteiger partial charge in [-0.15, -0.1) is 6.58 Å². The molecule has 0 amide bonds. The number of rotatable bonds is 7. The molecule has 1 fully saturated rings. The predicted octanol–water partition coefficient (Wildman–Crippen LogP) is 5.90. The monoisotopic (exact) mass is 445 g/mol. The van der Waals surface area contributed by atoms with Crippen molar-refractivity contribution in [3.63, 3.8) is 0 Å². The van der Waals surface area contributed by atoms with Gasteiger partial charge in [0, 0.05) is 23.1 Å². The fraction of sp³-hybridized carbons (Fsp3) is 0.414. The number of pyridine rings is 1. The zero-order valence-electron chi connectivity index (χ0n) is 20.4. The molecule has 0 radical (unpaired) electrons. The van der Waals surface area contributed by atoms with Gasteiger partial charge in [0.1, 0.15) is 24.4 Å². The molecule has 1 aromatic heterocycles. The smallest absolute Gasteiger partial charge is 0.131 e. The van der Waals surface area contributed by atoms with E-state index < -0.39 is 6.10 Å².